The summed E-state index contributed by atoms with van der Waals surface area (Å²) < 4.78 is 36.1. The monoisotopic (exact) mass is 247 g/mol. The van der Waals surface area contributed by atoms with Gasteiger partial charge in [-0.1, -0.05) is 0 Å². The lowest BCUT2D eigenvalue weighted by Gasteiger charge is -2.25. The Morgan fingerprint density at radius 3 is 2.47 bits per heavy atom. The summed E-state index contributed by atoms with van der Waals surface area (Å²) in [7, 11) is 0. The summed E-state index contributed by atoms with van der Waals surface area (Å²) in [6.45, 7) is 3.32. The largest absolute Gasteiger partial charge is 0.389 e. The second-order valence-corrected chi connectivity index (χ2v) is 4.43. The van der Waals surface area contributed by atoms with Gasteiger partial charge in [-0.25, -0.2) is 0 Å². The molecule has 2 nitrogen and oxygen atoms in total. The van der Waals surface area contributed by atoms with E-state index in [9.17, 15) is 18.3 Å². The molecular formula is C12H16F3NO. The maximum Gasteiger partial charge on any atom is 0.389 e. The molecule has 0 aliphatic carbocycles. The quantitative estimate of drug-likeness (QED) is 0.885. The van der Waals surface area contributed by atoms with Gasteiger partial charge < -0.3 is 5.11 Å². The highest BCUT2D eigenvalue weighted by molar-refractivity contribution is 5.27. The molecule has 0 radical (unpaired) electrons. The van der Waals surface area contributed by atoms with Crippen molar-refractivity contribution >= 4 is 0 Å². The molecule has 1 aromatic rings. The highest BCUT2D eigenvalue weighted by Crippen LogP contribution is 2.31. The van der Waals surface area contributed by atoms with E-state index in [0.717, 1.165) is 5.56 Å². The normalized spacial score (nSPS) is 15.6. The number of aliphatic hydroxyl groups is 1. The minimum Gasteiger partial charge on any atom is -0.385 e. The van der Waals surface area contributed by atoms with Crippen molar-refractivity contribution in [2.24, 2.45) is 0 Å². The number of hydrogen-bond donors (Lipinski definition) is 1. The van der Waals surface area contributed by atoms with Crippen LogP contribution in [0.3, 0.4) is 0 Å². The second-order valence-electron chi connectivity index (χ2n) is 4.43. The molecule has 0 saturated carbocycles. The predicted octanol–water partition coefficient (Wildman–Crippen LogP) is 3.33. The number of alkyl halides is 3. The first-order chi connectivity index (χ1) is 7.72. The van der Waals surface area contributed by atoms with Gasteiger partial charge in [0.15, 0.2) is 0 Å². The smallest absolute Gasteiger partial charge is 0.385 e. The Bertz CT molecular complexity index is 374. The molecule has 0 bridgehead atoms. The number of hydrogen-bond acceptors (Lipinski definition) is 2. The summed E-state index contributed by atoms with van der Waals surface area (Å²) >= 11 is 0. The molecule has 0 saturated heterocycles. The third-order valence-electron chi connectivity index (χ3n) is 2.74. The van der Waals surface area contributed by atoms with Crippen molar-refractivity contribution in [1.29, 1.82) is 0 Å². The molecule has 0 fully saturated rings. The Labute approximate surface area is 98.5 Å². The zero-order valence-corrected chi connectivity index (χ0v) is 9.88. The summed E-state index contributed by atoms with van der Waals surface area (Å²) in [5.74, 6) is 0. The fourth-order valence-electron chi connectivity index (χ4n) is 1.80. The molecule has 17 heavy (non-hydrogen) atoms. The molecule has 1 atom stereocenters. The van der Waals surface area contributed by atoms with Gasteiger partial charge in [-0.2, -0.15) is 13.2 Å². The van der Waals surface area contributed by atoms with Crippen molar-refractivity contribution in [2.45, 2.75) is 44.9 Å². The van der Waals surface area contributed by atoms with Gasteiger partial charge in [-0.3, -0.25) is 4.98 Å². The lowest BCUT2D eigenvalue weighted by molar-refractivity contribution is -0.137. The van der Waals surface area contributed by atoms with E-state index in [0.29, 0.717) is 5.56 Å². The molecule has 1 aromatic heterocycles. The molecule has 1 unspecified atom stereocenters. The molecule has 0 aliphatic rings. The number of halogens is 3. The van der Waals surface area contributed by atoms with Gasteiger partial charge >= 0.3 is 6.18 Å². The third-order valence-corrected chi connectivity index (χ3v) is 2.74. The molecule has 1 heterocycles. The predicted molar refractivity (Wildman–Crippen MR) is 58.5 cm³/mol. The maximum absolute atomic E-state index is 12.0. The van der Waals surface area contributed by atoms with E-state index < -0.39 is 18.2 Å². The van der Waals surface area contributed by atoms with Crippen molar-refractivity contribution in [2.75, 3.05) is 0 Å². The van der Waals surface area contributed by atoms with Gasteiger partial charge in [0.05, 0.1) is 5.60 Å². The molecule has 0 amide bonds. The van der Waals surface area contributed by atoms with E-state index in [-0.39, 0.29) is 12.8 Å². The maximum atomic E-state index is 12.0. The van der Waals surface area contributed by atoms with Gasteiger partial charge in [-0.05, 0) is 38.3 Å². The van der Waals surface area contributed by atoms with Crippen LogP contribution in [0.2, 0.25) is 0 Å². The lowest BCUT2D eigenvalue weighted by atomic mass is 9.89. The van der Waals surface area contributed by atoms with Crippen molar-refractivity contribution in [3.05, 3.63) is 29.6 Å². The summed E-state index contributed by atoms with van der Waals surface area (Å²) in [6, 6.07) is 1.73. The van der Waals surface area contributed by atoms with Crippen molar-refractivity contribution in [3.8, 4) is 0 Å². The molecule has 0 spiro atoms. The van der Waals surface area contributed by atoms with Crippen LogP contribution in [0, 0.1) is 6.92 Å². The standard InChI is InChI=1S/C12H16F3NO/c1-9-4-7-16-8-10(9)11(2,17)5-3-6-12(13,14)15/h4,7-8,17H,3,5-6H2,1-2H3. The van der Waals surface area contributed by atoms with Gasteiger partial charge in [0, 0.05) is 24.4 Å². The number of aryl methyl sites for hydroxylation is 1. The first-order valence-electron chi connectivity index (χ1n) is 5.42. The van der Waals surface area contributed by atoms with E-state index in [1.807, 2.05) is 0 Å². The van der Waals surface area contributed by atoms with Gasteiger partial charge in [0.2, 0.25) is 0 Å². The zero-order chi connectivity index (χ0) is 13.1. The van der Waals surface area contributed by atoms with E-state index in [2.05, 4.69) is 4.98 Å². The summed E-state index contributed by atoms with van der Waals surface area (Å²) in [5, 5.41) is 10.2. The van der Waals surface area contributed by atoms with Crippen LogP contribution in [-0.4, -0.2) is 16.3 Å². The number of rotatable bonds is 4. The van der Waals surface area contributed by atoms with Crippen LogP contribution in [-0.2, 0) is 5.60 Å². The van der Waals surface area contributed by atoms with Crippen LogP contribution in [0.15, 0.2) is 18.5 Å². The van der Waals surface area contributed by atoms with Crippen LogP contribution >= 0.6 is 0 Å². The Hall–Kier alpha value is -1.10. The van der Waals surface area contributed by atoms with Crippen LogP contribution in [0.4, 0.5) is 13.2 Å². The highest BCUT2D eigenvalue weighted by atomic mass is 19.4. The first kappa shape index (κ1) is 14.0. The number of nitrogens with zero attached hydrogens (tertiary/aromatic N) is 1. The SMILES string of the molecule is Cc1ccncc1C(C)(O)CCCC(F)(F)F. The minimum atomic E-state index is -4.17. The van der Waals surface area contributed by atoms with Crippen molar-refractivity contribution < 1.29 is 18.3 Å². The number of pyridine rings is 1. The Morgan fingerprint density at radius 1 is 1.29 bits per heavy atom. The van der Waals surface area contributed by atoms with Crippen LogP contribution in [0.1, 0.15) is 37.3 Å². The van der Waals surface area contributed by atoms with Gasteiger partial charge in [-0.15, -0.1) is 0 Å². The molecule has 1 rings (SSSR count). The highest BCUT2D eigenvalue weighted by Gasteiger charge is 2.30. The molecule has 96 valence electrons. The van der Waals surface area contributed by atoms with E-state index in [4.69, 9.17) is 0 Å². The summed E-state index contributed by atoms with van der Waals surface area (Å²) in [6.07, 6.45) is -1.97. The first-order valence-corrected chi connectivity index (χ1v) is 5.42. The van der Waals surface area contributed by atoms with Crippen molar-refractivity contribution in [1.82, 2.24) is 4.98 Å². The fraction of sp³-hybridized carbons (Fsp3) is 0.583. The Kier molecular flexibility index (Phi) is 4.14. The minimum absolute atomic E-state index is 0.0685. The van der Waals surface area contributed by atoms with Gasteiger partial charge in [0.1, 0.15) is 0 Å². The second kappa shape index (κ2) is 5.04. The van der Waals surface area contributed by atoms with E-state index in [1.165, 1.54) is 13.1 Å². The van der Waals surface area contributed by atoms with Crippen LogP contribution in [0.25, 0.3) is 0 Å². The molecule has 1 N–H and O–H groups in total. The van der Waals surface area contributed by atoms with Crippen LogP contribution in [0.5, 0.6) is 0 Å². The molecule has 0 aliphatic heterocycles. The van der Waals surface area contributed by atoms with E-state index >= 15 is 0 Å². The van der Waals surface area contributed by atoms with Gasteiger partial charge in [0.25, 0.3) is 0 Å². The Morgan fingerprint density at radius 2 is 1.94 bits per heavy atom. The summed E-state index contributed by atoms with van der Waals surface area (Å²) in [4.78, 5) is 3.89. The zero-order valence-electron chi connectivity index (χ0n) is 9.88. The summed E-state index contributed by atoms with van der Waals surface area (Å²) in [5.41, 5.74) is 0.156. The van der Waals surface area contributed by atoms with Crippen molar-refractivity contribution in [3.63, 3.8) is 0 Å². The fourth-order valence-corrected chi connectivity index (χ4v) is 1.80. The van der Waals surface area contributed by atoms with E-state index in [1.54, 1.807) is 19.2 Å². The molecule has 5 heteroatoms. The topological polar surface area (TPSA) is 33.1 Å². The Balaban J connectivity index is 2.66. The molecular weight excluding hydrogens is 231 g/mol. The lowest BCUT2D eigenvalue weighted by Crippen LogP contribution is -2.23. The van der Waals surface area contributed by atoms with Crippen LogP contribution < -0.4 is 0 Å². The molecule has 0 aromatic carbocycles. The third kappa shape index (κ3) is 4.34. The average molecular weight is 247 g/mol. The number of aromatic nitrogens is 1. The average Bonchev–Trinajstić information content (AvgIpc) is 2.15.